The SMILES string of the molecule is C=C1[C@@H]2CCCN2[C@@H](C(=O)N(C)CCO)/C(F)=C/C[C@H](C)[C@@H](C)S(=O)(=O)NC(=O)c2ccc3c(c2)N1CCCCc1cc(Cl)ccc1CO3. The number of carbonyl (C=O) groups excluding carboxylic acids is 2. The zero-order valence-corrected chi connectivity index (χ0v) is 29.9. The van der Waals surface area contributed by atoms with Crippen LogP contribution in [0.5, 0.6) is 5.75 Å². The molecule has 0 spiro atoms. The largest absolute Gasteiger partial charge is 0.487 e. The monoisotopic (exact) mass is 716 g/mol. The second kappa shape index (κ2) is 15.6. The maximum Gasteiger partial charge on any atom is 0.264 e. The Morgan fingerprint density at radius 1 is 1.14 bits per heavy atom. The van der Waals surface area contributed by atoms with Crippen molar-refractivity contribution in [3.8, 4) is 5.75 Å². The van der Waals surface area contributed by atoms with Crippen molar-refractivity contribution in [3.63, 3.8) is 0 Å². The van der Waals surface area contributed by atoms with Crippen molar-refractivity contribution in [1.29, 1.82) is 0 Å². The maximum absolute atomic E-state index is 16.4. The predicted molar refractivity (Wildman–Crippen MR) is 189 cm³/mol. The maximum atomic E-state index is 16.4. The Morgan fingerprint density at radius 2 is 1.92 bits per heavy atom. The minimum absolute atomic E-state index is 0.0188. The van der Waals surface area contributed by atoms with Gasteiger partial charge in [-0.3, -0.25) is 14.5 Å². The molecule has 2 bridgehead atoms. The average Bonchev–Trinajstić information content (AvgIpc) is 3.54. The van der Waals surface area contributed by atoms with E-state index in [2.05, 4.69) is 11.3 Å². The van der Waals surface area contributed by atoms with E-state index in [1.165, 1.54) is 31.0 Å². The minimum atomic E-state index is -4.17. The lowest BCUT2D eigenvalue weighted by atomic mass is 10.0. The number of hydrogen-bond acceptors (Lipinski definition) is 8. The summed E-state index contributed by atoms with van der Waals surface area (Å²) in [4.78, 5) is 32.5. The minimum Gasteiger partial charge on any atom is -0.487 e. The van der Waals surface area contributed by atoms with Gasteiger partial charge in [0, 0.05) is 43.0 Å². The summed E-state index contributed by atoms with van der Waals surface area (Å²) in [6.45, 7) is 8.52. The normalized spacial score (nSPS) is 26.2. The number of nitrogens with zero attached hydrogens (tertiary/aromatic N) is 3. The molecule has 5 rings (SSSR count). The third-order valence-corrected chi connectivity index (χ3v) is 12.2. The van der Waals surface area contributed by atoms with Crippen LogP contribution in [0.4, 0.5) is 10.1 Å². The van der Waals surface area contributed by atoms with Gasteiger partial charge in [-0.15, -0.1) is 0 Å². The van der Waals surface area contributed by atoms with E-state index in [4.69, 9.17) is 16.3 Å². The van der Waals surface area contributed by atoms with Crippen molar-refractivity contribution < 1.29 is 32.2 Å². The molecule has 2 aromatic rings. The van der Waals surface area contributed by atoms with Gasteiger partial charge in [0.1, 0.15) is 24.2 Å². The number of carbonyl (C=O) groups is 2. The molecule has 1 fully saturated rings. The van der Waals surface area contributed by atoms with Gasteiger partial charge in [-0.25, -0.2) is 17.5 Å². The Kier molecular flexibility index (Phi) is 11.7. The summed E-state index contributed by atoms with van der Waals surface area (Å²) in [7, 11) is -2.64. The highest BCUT2D eigenvalue weighted by Crippen LogP contribution is 2.39. The van der Waals surface area contributed by atoms with Crippen LogP contribution in [0.3, 0.4) is 0 Å². The second-order valence-corrected chi connectivity index (χ2v) is 15.7. The van der Waals surface area contributed by atoms with Crippen LogP contribution in [-0.4, -0.2) is 85.8 Å². The summed E-state index contributed by atoms with van der Waals surface area (Å²) < 4.78 is 51.8. The van der Waals surface area contributed by atoms with E-state index in [9.17, 15) is 23.1 Å². The average molecular weight is 717 g/mol. The molecule has 49 heavy (non-hydrogen) atoms. The number of benzene rings is 2. The van der Waals surface area contributed by atoms with E-state index in [0.717, 1.165) is 24.0 Å². The lowest BCUT2D eigenvalue weighted by Gasteiger charge is -2.39. The summed E-state index contributed by atoms with van der Waals surface area (Å²) in [5, 5.41) is 9.17. The fourth-order valence-electron chi connectivity index (χ4n) is 6.83. The smallest absolute Gasteiger partial charge is 0.264 e. The fourth-order valence-corrected chi connectivity index (χ4v) is 8.31. The Bertz CT molecular complexity index is 1720. The Morgan fingerprint density at radius 3 is 2.67 bits per heavy atom. The third kappa shape index (κ3) is 8.14. The van der Waals surface area contributed by atoms with Crippen molar-refractivity contribution in [2.45, 2.75) is 76.3 Å². The molecule has 2 amide bonds. The number of ether oxygens (including phenoxy) is 1. The number of allylic oxidation sites excluding steroid dienone is 1. The van der Waals surface area contributed by atoms with E-state index in [1.807, 2.05) is 28.0 Å². The number of amides is 2. The van der Waals surface area contributed by atoms with E-state index in [0.29, 0.717) is 54.5 Å². The number of sulfonamides is 1. The van der Waals surface area contributed by atoms with Crippen LogP contribution in [0, 0.1) is 5.92 Å². The van der Waals surface area contributed by atoms with Crippen LogP contribution in [0.1, 0.15) is 67.4 Å². The number of aliphatic hydroxyl groups excluding tert-OH is 1. The molecular weight excluding hydrogens is 671 g/mol. The summed E-state index contributed by atoms with van der Waals surface area (Å²) in [6, 6.07) is 8.78. The summed E-state index contributed by atoms with van der Waals surface area (Å²) >= 11 is 6.33. The molecule has 2 aromatic carbocycles. The van der Waals surface area contributed by atoms with Gasteiger partial charge in [-0.05, 0) is 92.8 Å². The number of aliphatic hydroxyl groups is 1. The zero-order chi connectivity index (χ0) is 35.5. The quantitative estimate of drug-likeness (QED) is 0.445. The highest BCUT2D eigenvalue weighted by atomic mass is 35.5. The van der Waals surface area contributed by atoms with Gasteiger partial charge in [-0.1, -0.05) is 37.2 Å². The molecule has 0 radical (unpaired) electrons. The Hall–Kier alpha value is -3.45. The molecule has 3 aliphatic rings. The number of aryl methyl sites for hydroxylation is 1. The van der Waals surface area contributed by atoms with Gasteiger partial charge in [0.05, 0.1) is 23.6 Å². The molecule has 0 unspecified atom stereocenters. The molecule has 3 heterocycles. The van der Waals surface area contributed by atoms with Crippen molar-refractivity contribution in [2.75, 3.05) is 38.2 Å². The van der Waals surface area contributed by atoms with Gasteiger partial charge in [-0.2, -0.15) is 0 Å². The molecule has 4 atom stereocenters. The van der Waals surface area contributed by atoms with Gasteiger partial charge >= 0.3 is 0 Å². The fraction of sp³-hybridized carbons (Fsp3) is 0.500. The molecule has 0 aromatic heterocycles. The molecule has 0 saturated carbocycles. The summed E-state index contributed by atoms with van der Waals surface area (Å²) in [5.74, 6) is -2.12. The van der Waals surface area contributed by atoms with E-state index in [1.54, 1.807) is 19.1 Å². The number of nitrogens with one attached hydrogen (secondary N) is 1. The highest BCUT2D eigenvalue weighted by Gasteiger charge is 2.42. The molecule has 13 heteroatoms. The van der Waals surface area contributed by atoms with Crippen LogP contribution in [0.2, 0.25) is 5.02 Å². The summed E-state index contributed by atoms with van der Waals surface area (Å²) in [5.41, 5.74) is 3.31. The van der Waals surface area contributed by atoms with Crippen LogP contribution < -0.4 is 14.4 Å². The van der Waals surface area contributed by atoms with Gasteiger partial charge < -0.3 is 19.6 Å². The molecule has 3 aliphatic heterocycles. The van der Waals surface area contributed by atoms with Crippen LogP contribution in [-0.2, 0) is 27.8 Å². The van der Waals surface area contributed by atoms with Crippen molar-refractivity contribution >= 4 is 39.1 Å². The van der Waals surface area contributed by atoms with E-state index >= 15 is 4.39 Å². The number of hydrogen-bond donors (Lipinski definition) is 2. The number of likely N-dealkylation sites (N-methyl/N-ethyl adjacent to an activating group) is 1. The Balaban J connectivity index is 1.65. The standard InChI is InChI=1S/C36H46ClFN4O6S/c1-23-10-14-30(38)34(36(45)40(4)18-19-43)42-17-7-9-31(42)24(2)41-16-6-5-8-26-20-29(37)13-11-28(26)22-48-33-15-12-27(21-32(33)41)35(44)39-49(46,47)25(23)3/h11-15,20-21,23,25,31,34,43H,2,5-10,16-19,22H2,1,3-4H3,(H,39,44)/b30-14-/t23-,25+,31-,34+/m0/s1. The van der Waals surface area contributed by atoms with Gasteiger partial charge in [0.2, 0.25) is 15.9 Å². The van der Waals surface area contributed by atoms with Crippen LogP contribution in [0.25, 0.3) is 0 Å². The first-order valence-corrected chi connectivity index (χ1v) is 18.8. The molecule has 266 valence electrons. The number of halogens is 2. The lowest BCUT2D eigenvalue weighted by molar-refractivity contribution is -0.135. The Labute approximate surface area is 293 Å². The van der Waals surface area contributed by atoms with Gasteiger partial charge in [0.15, 0.2) is 0 Å². The predicted octanol–water partition coefficient (Wildman–Crippen LogP) is 5.20. The number of fused-ring (bicyclic) bond motifs is 3. The lowest BCUT2D eigenvalue weighted by Crippen LogP contribution is -2.52. The molecular formula is C36H46ClFN4O6S. The number of anilines is 1. The first-order chi connectivity index (χ1) is 23.3. The van der Waals surface area contributed by atoms with Crippen molar-refractivity contribution in [2.24, 2.45) is 5.92 Å². The summed E-state index contributed by atoms with van der Waals surface area (Å²) in [6.07, 6.45) is 4.88. The first-order valence-electron chi connectivity index (χ1n) is 16.9. The van der Waals surface area contributed by atoms with Crippen molar-refractivity contribution in [3.05, 3.63) is 82.3 Å². The first kappa shape index (κ1) is 36.8. The molecule has 1 saturated heterocycles. The molecule has 2 N–H and O–H groups in total. The topological polar surface area (TPSA) is 119 Å². The molecule has 10 nitrogen and oxygen atoms in total. The number of rotatable bonds is 3. The van der Waals surface area contributed by atoms with Gasteiger partial charge in [0.25, 0.3) is 5.91 Å². The highest BCUT2D eigenvalue weighted by molar-refractivity contribution is 7.90. The van der Waals surface area contributed by atoms with E-state index in [-0.39, 0.29) is 31.7 Å². The molecule has 0 aliphatic carbocycles. The van der Waals surface area contributed by atoms with Crippen LogP contribution >= 0.6 is 11.6 Å². The second-order valence-electron chi connectivity index (χ2n) is 13.2. The van der Waals surface area contributed by atoms with Crippen molar-refractivity contribution in [1.82, 2.24) is 14.5 Å². The van der Waals surface area contributed by atoms with E-state index < -0.39 is 50.9 Å². The van der Waals surface area contributed by atoms with Crippen LogP contribution in [0.15, 0.2) is 60.6 Å². The third-order valence-electron chi connectivity index (χ3n) is 10.0. The zero-order valence-electron chi connectivity index (χ0n) is 28.3.